The van der Waals surface area contributed by atoms with Crippen molar-refractivity contribution >= 4 is 16.3 Å². The van der Waals surface area contributed by atoms with Gasteiger partial charge >= 0.3 is 0 Å². The summed E-state index contributed by atoms with van der Waals surface area (Å²) in [5.74, 6) is 0. The molecule has 0 radical (unpaired) electrons. The molecule has 18 heavy (non-hydrogen) atoms. The van der Waals surface area contributed by atoms with Crippen LogP contribution in [0.2, 0.25) is 0 Å². The Balaban J connectivity index is 2.25. The molecule has 4 N–H and O–H groups in total. The van der Waals surface area contributed by atoms with Crippen LogP contribution < -0.4 is 11.5 Å². The van der Waals surface area contributed by atoms with Crippen molar-refractivity contribution in [2.24, 2.45) is 11.5 Å². The van der Waals surface area contributed by atoms with Gasteiger partial charge in [-0.3, -0.25) is 4.40 Å². The summed E-state index contributed by atoms with van der Waals surface area (Å²) < 4.78 is 2.03. The molecular formula is C13H14N4S. The molecule has 0 fully saturated rings. The maximum atomic E-state index is 6.12. The Morgan fingerprint density at radius 2 is 2.06 bits per heavy atom. The van der Waals surface area contributed by atoms with E-state index in [1.54, 1.807) is 11.3 Å². The molecule has 3 aromatic rings. The summed E-state index contributed by atoms with van der Waals surface area (Å²) in [6.07, 6.45) is 1.99. The molecule has 0 amide bonds. The number of thiazole rings is 1. The summed E-state index contributed by atoms with van der Waals surface area (Å²) in [6.45, 7) is 0.406. The number of fused-ring (bicyclic) bond motifs is 1. The van der Waals surface area contributed by atoms with Crippen LogP contribution in [0.1, 0.15) is 11.7 Å². The number of imidazole rings is 1. The Morgan fingerprint density at radius 1 is 1.28 bits per heavy atom. The minimum atomic E-state index is -0.204. The van der Waals surface area contributed by atoms with Gasteiger partial charge < -0.3 is 11.5 Å². The smallest absolute Gasteiger partial charge is 0.194 e. The molecule has 2 heterocycles. The van der Waals surface area contributed by atoms with Gasteiger partial charge in [0, 0.05) is 23.7 Å². The second-order valence-electron chi connectivity index (χ2n) is 4.11. The lowest BCUT2D eigenvalue weighted by molar-refractivity contribution is 0.706. The number of aromatic nitrogens is 2. The number of hydrogen-bond acceptors (Lipinski definition) is 4. The summed E-state index contributed by atoms with van der Waals surface area (Å²) in [4.78, 5) is 5.61. The van der Waals surface area contributed by atoms with Crippen molar-refractivity contribution in [3.05, 3.63) is 47.6 Å². The first kappa shape index (κ1) is 11.4. The highest BCUT2D eigenvalue weighted by atomic mass is 32.1. The van der Waals surface area contributed by atoms with Gasteiger partial charge in [0.05, 0.1) is 17.4 Å². The number of hydrogen-bond donors (Lipinski definition) is 2. The number of nitrogens with zero attached hydrogens (tertiary/aromatic N) is 2. The largest absolute Gasteiger partial charge is 0.329 e. The quantitative estimate of drug-likeness (QED) is 0.755. The van der Waals surface area contributed by atoms with Gasteiger partial charge in [0.2, 0.25) is 0 Å². The fourth-order valence-electron chi connectivity index (χ4n) is 2.08. The highest BCUT2D eigenvalue weighted by Crippen LogP contribution is 2.29. The SMILES string of the molecule is NCC(N)c1c(-c2ccccc2)nc2sccn12. The molecule has 1 atom stereocenters. The van der Waals surface area contributed by atoms with Crippen LogP contribution in [0.4, 0.5) is 0 Å². The number of benzene rings is 1. The molecule has 4 nitrogen and oxygen atoms in total. The van der Waals surface area contributed by atoms with Gasteiger partial charge in [-0.1, -0.05) is 30.3 Å². The summed E-state index contributed by atoms with van der Waals surface area (Å²) in [7, 11) is 0. The van der Waals surface area contributed by atoms with E-state index in [2.05, 4.69) is 4.98 Å². The Hall–Kier alpha value is -1.69. The molecule has 0 aliphatic carbocycles. The summed E-state index contributed by atoms with van der Waals surface area (Å²) in [5, 5.41) is 2.00. The number of rotatable bonds is 3. The minimum absolute atomic E-state index is 0.204. The Kier molecular flexibility index (Phi) is 2.87. The van der Waals surface area contributed by atoms with Crippen molar-refractivity contribution in [1.29, 1.82) is 0 Å². The van der Waals surface area contributed by atoms with Crippen LogP contribution in [0.15, 0.2) is 41.9 Å². The van der Waals surface area contributed by atoms with Crippen LogP contribution in [0, 0.1) is 0 Å². The van der Waals surface area contributed by atoms with Gasteiger partial charge in [0.15, 0.2) is 4.96 Å². The minimum Gasteiger partial charge on any atom is -0.329 e. The van der Waals surface area contributed by atoms with Gasteiger partial charge in [0.25, 0.3) is 0 Å². The van der Waals surface area contributed by atoms with E-state index in [4.69, 9.17) is 11.5 Å². The van der Waals surface area contributed by atoms with E-state index >= 15 is 0 Å². The van der Waals surface area contributed by atoms with E-state index in [1.807, 2.05) is 46.3 Å². The average Bonchev–Trinajstić information content (AvgIpc) is 2.98. The van der Waals surface area contributed by atoms with Crippen LogP contribution >= 0.6 is 11.3 Å². The monoisotopic (exact) mass is 258 g/mol. The Bertz CT molecular complexity index is 656. The molecule has 1 unspecified atom stereocenters. The van der Waals surface area contributed by atoms with Crippen molar-refractivity contribution in [2.45, 2.75) is 6.04 Å². The molecule has 5 heteroatoms. The third-order valence-corrected chi connectivity index (χ3v) is 3.71. The first-order valence-electron chi connectivity index (χ1n) is 5.77. The molecule has 2 aromatic heterocycles. The lowest BCUT2D eigenvalue weighted by Gasteiger charge is -2.10. The molecule has 0 saturated carbocycles. The highest BCUT2D eigenvalue weighted by Gasteiger charge is 2.19. The van der Waals surface area contributed by atoms with Crippen LogP contribution in [0.25, 0.3) is 16.2 Å². The van der Waals surface area contributed by atoms with Crippen LogP contribution in [-0.2, 0) is 0 Å². The van der Waals surface area contributed by atoms with Gasteiger partial charge in [-0.15, -0.1) is 11.3 Å². The lowest BCUT2D eigenvalue weighted by atomic mass is 10.1. The zero-order valence-corrected chi connectivity index (χ0v) is 10.6. The van der Waals surface area contributed by atoms with Crippen LogP contribution in [-0.4, -0.2) is 15.9 Å². The van der Waals surface area contributed by atoms with Crippen molar-refractivity contribution in [3.8, 4) is 11.3 Å². The Labute approximate surface area is 109 Å². The Morgan fingerprint density at radius 3 is 2.78 bits per heavy atom. The normalized spacial score (nSPS) is 13.0. The molecule has 0 saturated heterocycles. The first-order valence-corrected chi connectivity index (χ1v) is 6.65. The first-order chi connectivity index (χ1) is 8.81. The zero-order chi connectivity index (χ0) is 12.5. The number of nitrogens with two attached hydrogens (primary N) is 2. The molecule has 0 bridgehead atoms. The fourth-order valence-corrected chi connectivity index (χ4v) is 2.80. The molecule has 0 aliphatic heterocycles. The van der Waals surface area contributed by atoms with Gasteiger partial charge in [-0.2, -0.15) is 0 Å². The maximum absolute atomic E-state index is 6.12. The van der Waals surface area contributed by atoms with Crippen molar-refractivity contribution in [1.82, 2.24) is 9.38 Å². The standard InChI is InChI=1S/C13H14N4S/c14-8-10(15)12-11(9-4-2-1-3-5-9)16-13-17(12)6-7-18-13/h1-7,10H,8,14-15H2. The van der Waals surface area contributed by atoms with Gasteiger partial charge in [0.1, 0.15) is 0 Å². The molecule has 0 aliphatic rings. The van der Waals surface area contributed by atoms with E-state index < -0.39 is 0 Å². The van der Waals surface area contributed by atoms with Crippen molar-refractivity contribution in [3.63, 3.8) is 0 Å². The zero-order valence-electron chi connectivity index (χ0n) is 9.78. The van der Waals surface area contributed by atoms with E-state index in [-0.39, 0.29) is 6.04 Å². The highest BCUT2D eigenvalue weighted by molar-refractivity contribution is 7.15. The summed E-state index contributed by atoms with van der Waals surface area (Å²) in [6, 6.07) is 9.87. The predicted octanol–water partition coefficient (Wildman–Crippen LogP) is 2.02. The molecule has 1 aromatic carbocycles. The molecular weight excluding hydrogens is 244 g/mol. The third kappa shape index (κ3) is 1.73. The van der Waals surface area contributed by atoms with E-state index in [0.717, 1.165) is 21.9 Å². The van der Waals surface area contributed by atoms with Crippen LogP contribution in [0.5, 0.6) is 0 Å². The van der Waals surface area contributed by atoms with Crippen molar-refractivity contribution < 1.29 is 0 Å². The molecule has 92 valence electrons. The molecule has 3 rings (SSSR count). The van der Waals surface area contributed by atoms with Crippen LogP contribution in [0.3, 0.4) is 0 Å². The second-order valence-corrected chi connectivity index (χ2v) is 4.98. The fraction of sp³-hybridized carbons (Fsp3) is 0.154. The predicted molar refractivity (Wildman–Crippen MR) is 74.5 cm³/mol. The third-order valence-electron chi connectivity index (χ3n) is 2.95. The lowest BCUT2D eigenvalue weighted by Crippen LogP contribution is -2.22. The van der Waals surface area contributed by atoms with E-state index in [0.29, 0.717) is 6.54 Å². The summed E-state index contributed by atoms with van der Waals surface area (Å²) in [5.41, 5.74) is 14.8. The van der Waals surface area contributed by atoms with Gasteiger partial charge in [-0.05, 0) is 0 Å². The topological polar surface area (TPSA) is 69.3 Å². The molecule has 0 spiro atoms. The van der Waals surface area contributed by atoms with E-state index in [1.165, 1.54) is 0 Å². The van der Waals surface area contributed by atoms with Crippen molar-refractivity contribution in [2.75, 3.05) is 6.54 Å². The maximum Gasteiger partial charge on any atom is 0.194 e. The second kappa shape index (κ2) is 4.53. The van der Waals surface area contributed by atoms with E-state index in [9.17, 15) is 0 Å². The van der Waals surface area contributed by atoms with Gasteiger partial charge in [-0.25, -0.2) is 4.98 Å². The summed E-state index contributed by atoms with van der Waals surface area (Å²) >= 11 is 1.60. The average molecular weight is 258 g/mol.